The van der Waals surface area contributed by atoms with Crippen LogP contribution >= 0.6 is 11.6 Å². The van der Waals surface area contributed by atoms with E-state index in [2.05, 4.69) is 0 Å². The van der Waals surface area contributed by atoms with Crippen LogP contribution in [-0.4, -0.2) is 27.0 Å². The van der Waals surface area contributed by atoms with Crippen molar-refractivity contribution in [1.82, 2.24) is 0 Å². The molecule has 0 aromatic rings. The lowest BCUT2D eigenvalue weighted by atomic mass is 10.1. The van der Waals surface area contributed by atoms with Crippen LogP contribution in [0.25, 0.3) is 0 Å². The van der Waals surface area contributed by atoms with Gasteiger partial charge in [0.15, 0.2) is 0 Å². The van der Waals surface area contributed by atoms with Gasteiger partial charge in [0.25, 0.3) is 0 Å². The van der Waals surface area contributed by atoms with Gasteiger partial charge < -0.3 is 10.2 Å². The molecule has 0 bridgehead atoms. The van der Waals surface area contributed by atoms with Crippen molar-refractivity contribution < 1.29 is 19.8 Å². The molecule has 10 heavy (non-hydrogen) atoms. The zero-order valence-electron chi connectivity index (χ0n) is 5.30. The van der Waals surface area contributed by atoms with Gasteiger partial charge in [-0.2, -0.15) is 0 Å². The first-order chi connectivity index (χ1) is 4.45. The number of carboxylic acids is 2. The molecule has 0 aliphatic rings. The molecule has 0 aliphatic heterocycles. The smallest absolute Gasteiger partial charge is 0.336 e. The van der Waals surface area contributed by atoms with Crippen molar-refractivity contribution in [3.63, 3.8) is 0 Å². The highest BCUT2D eigenvalue weighted by Gasteiger charge is 2.42. The van der Waals surface area contributed by atoms with E-state index in [1.54, 1.807) is 0 Å². The largest absolute Gasteiger partial charge is 0.479 e. The monoisotopic (exact) mass is 166 g/mol. The summed E-state index contributed by atoms with van der Waals surface area (Å²) in [4.78, 5) is 18.2. The standard InChI is InChI=1S/C5H7ClO4/c1-2-5(6,3(7)8)4(9)10/h2H2,1H3,(H,7,8)(H,9,10). The van der Waals surface area contributed by atoms with Crippen LogP contribution in [0.4, 0.5) is 0 Å². The summed E-state index contributed by atoms with van der Waals surface area (Å²) in [7, 11) is 0. The molecular weight excluding hydrogens is 160 g/mol. The predicted octanol–water partition coefficient (Wildman–Crippen LogP) is 0.543. The van der Waals surface area contributed by atoms with Crippen molar-refractivity contribution in [2.75, 3.05) is 0 Å². The Morgan fingerprint density at radius 2 is 1.70 bits per heavy atom. The van der Waals surface area contributed by atoms with Crippen LogP contribution in [0.3, 0.4) is 0 Å². The Hall–Kier alpha value is -0.770. The zero-order chi connectivity index (χ0) is 8.36. The average molecular weight is 167 g/mol. The van der Waals surface area contributed by atoms with Crippen LogP contribution in [0.15, 0.2) is 0 Å². The van der Waals surface area contributed by atoms with E-state index in [1.165, 1.54) is 6.92 Å². The Morgan fingerprint density at radius 1 is 1.40 bits per heavy atom. The van der Waals surface area contributed by atoms with E-state index in [-0.39, 0.29) is 6.42 Å². The number of hydrogen-bond acceptors (Lipinski definition) is 2. The summed E-state index contributed by atoms with van der Waals surface area (Å²) < 4.78 is 0. The maximum atomic E-state index is 10.2. The Labute approximate surface area is 62.4 Å². The van der Waals surface area contributed by atoms with Crippen molar-refractivity contribution in [3.8, 4) is 0 Å². The number of hydrogen-bond donors (Lipinski definition) is 2. The van der Waals surface area contributed by atoms with E-state index in [0.29, 0.717) is 0 Å². The van der Waals surface area contributed by atoms with E-state index in [0.717, 1.165) is 0 Å². The molecule has 4 nitrogen and oxygen atoms in total. The van der Waals surface area contributed by atoms with Crippen LogP contribution in [0.2, 0.25) is 0 Å². The maximum absolute atomic E-state index is 10.2. The fourth-order valence-corrected chi connectivity index (χ4v) is 0.394. The number of carbonyl (C=O) groups is 2. The Kier molecular flexibility index (Phi) is 2.65. The fraction of sp³-hybridized carbons (Fsp3) is 0.600. The highest BCUT2D eigenvalue weighted by molar-refractivity contribution is 6.44. The molecule has 0 aromatic carbocycles. The molecule has 2 N–H and O–H groups in total. The van der Waals surface area contributed by atoms with E-state index >= 15 is 0 Å². The molecule has 0 rings (SSSR count). The molecule has 0 heterocycles. The SMILES string of the molecule is CCC(Cl)(C(=O)O)C(=O)O. The molecule has 0 saturated heterocycles. The Balaban J connectivity index is 4.55. The third-order valence-corrected chi connectivity index (χ3v) is 1.76. The highest BCUT2D eigenvalue weighted by atomic mass is 35.5. The molecule has 0 unspecified atom stereocenters. The molecule has 0 aromatic heterocycles. The summed E-state index contributed by atoms with van der Waals surface area (Å²) in [6.45, 7) is 1.40. The van der Waals surface area contributed by atoms with Crippen LogP contribution in [-0.2, 0) is 9.59 Å². The van der Waals surface area contributed by atoms with Gasteiger partial charge in [-0.05, 0) is 6.42 Å². The molecule has 0 aliphatic carbocycles. The van der Waals surface area contributed by atoms with Crippen molar-refractivity contribution in [2.24, 2.45) is 0 Å². The summed E-state index contributed by atoms with van der Waals surface area (Å²) in [5.74, 6) is -3.05. The molecule has 0 radical (unpaired) electrons. The van der Waals surface area contributed by atoms with Gasteiger partial charge in [-0.25, -0.2) is 9.59 Å². The van der Waals surface area contributed by atoms with Crippen molar-refractivity contribution >= 4 is 23.5 Å². The summed E-state index contributed by atoms with van der Waals surface area (Å²) in [6.07, 6.45) is -0.140. The maximum Gasteiger partial charge on any atom is 0.336 e. The second kappa shape index (κ2) is 2.88. The highest BCUT2D eigenvalue weighted by Crippen LogP contribution is 2.19. The topological polar surface area (TPSA) is 74.6 Å². The number of alkyl halides is 1. The van der Waals surface area contributed by atoms with Gasteiger partial charge in [0.1, 0.15) is 0 Å². The molecule has 0 amide bonds. The summed E-state index contributed by atoms with van der Waals surface area (Å²) in [6, 6.07) is 0. The van der Waals surface area contributed by atoms with Gasteiger partial charge in [-0.3, -0.25) is 0 Å². The normalized spacial score (nSPS) is 11.0. The van der Waals surface area contributed by atoms with Gasteiger partial charge >= 0.3 is 11.9 Å². The molecule has 0 spiro atoms. The van der Waals surface area contributed by atoms with E-state index in [4.69, 9.17) is 21.8 Å². The lowest BCUT2D eigenvalue weighted by Crippen LogP contribution is -2.40. The van der Waals surface area contributed by atoms with E-state index in [9.17, 15) is 9.59 Å². The lowest BCUT2D eigenvalue weighted by molar-refractivity contribution is -0.152. The van der Waals surface area contributed by atoms with E-state index < -0.39 is 16.8 Å². The quantitative estimate of drug-likeness (QED) is 0.474. The fourth-order valence-electron chi connectivity index (χ4n) is 0.394. The van der Waals surface area contributed by atoms with Gasteiger partial charge in [-0.1, -0.05) is 18.5 Å². The van der Waals surface area contributed by atoms with Crippen molar-refractivity contribution in [3.05, 3.63) is 0 Å². The van der Waals surface area contributed by atoms with Crippen LogP contribution < -0.4 is 0 Å². The van der Waals surface area contributed by atoms with Crippen molar-refractivity contribution in [1.29, 1.82) is 0 Å². The second-order valence-electron chi connectivity index (χ2n) is 1.77. The molecule has 5 heteroatoms. The summed E-state index contributed by atoms with van der Waals surface area (Å²) >= 11 is 5.19. The Bertz CT molecular complexity index is 151. The predicted molar refractivity (Wildman–Crippen MR) is 34.1 cm³/mol. The first-order valence-corrected chi connectivity index (χ1v) is 2.98. The zero-order valence-corrected chi connectivity index (χ0v) is 6.05. The van der Waals surface area contributed by atoms with E-state index in [1.807, 2.05) is 0 Å². The number of carboxylic acid groups (broad SMARTS) is 2. The van der Waals surface area contributed by atoms with Gasteiger partial charge in [0.05, 0.1) is 0 Å². The summed E-state index contributed by atoms with van der Waals surface area (Å²) in [5, 5.41) is 16.6. The Morgan fingerprint density at radius 3 is 1.70 bits per heavy atom. The first kappa shape index (κ1) is 9.23. The number of aliphatic carboxylic acids is 2. The van der Waals surface area contributed by atoms with Crippen molar-refractivity contribution in [2.45, 2.75) is 18.2 Å². The van der Waals surface area contributed by atoms with Gasteiger partial charge in [0.2, 0.25) is 4.87 Å². The minimum absolute atomic E-state index is 0.140. The first-order valence-electron chi connectivity index (χ1n) is 2.61. The van der Waals surface area contributed by atoms with Crippen LogP contribution in [0, 0.1) is 0 Å². The second-order valence-corrected chi connectivity index (χ2v) is 2.41. The number of halogens is 1. The molecule has 0 fully saturated rings. The van der Waals surface area contributed by atoms with Crippen LogP contribution in [0.1, 0.15) is 13.3 Å². The third kappa shape index (κ3) is 1.39. The lowest BCUT2D eigenvalue weighted by Gasteiger charge is -2.13. The molecule has 0 atom stereocenters. The number of rotatable bonds is 3. The molecule has 0 saturated carbocycles. The van der Waals surface area contributed by atoms with Gasteiger partial charge in [-0.15, -0.1) is 0 Å². The van der Waals surface area contributed by atoms with Gasteiger partial charge in [0, 0.05) is 0 Å². The average Bonchev–Trinajstić information content (AvgIpc) is 1.85. The molecular formula is C5H7ClO4. The van der Waals surface area contributed by atoms with Crippen LogP contribution in [0.5, 0.6) is 0 Å². The molecule has 58 valence electrons. The minimum atomic E-state index is -2.15. The summed E-state index contributed by atoms with van der Waals surface area (Å²) in [5.41, 5.74) is 0. The third-order valence-electron chi connectivity index (χ3n) is 1.17. The minimum Gasteiger partial charge on any atom is -0.479 e.